The van der Waals surface area contributed by atoms with E-state index in [0.29, 0.717) is 6.54 Å². The molecule has 0 aliphatic heterocycles. The summed E-state index contributed by atoms with van der Waals surface area (Å²) < 4.78 is 1.38. The number of tetrazole rings is 1. The minimum absolute atomic E-state index is 0.0774. The van der Waals surface area contributed by atoms with Crippen LogP contribution in [0, 0.1) is 11.8 Å². The molecule has 0 saturated carbocycles. The summed E-state index contributed by atoms with van der Waals surface area (Å²) in [4.78, 5) is 13.6. The maximum Gasteiger partial charge on any atom is 0.244 e. The average Bonchev–Trinajstić information content (AvgIpc) is 2.99. The van der Waals surface area contributed by atoms with Gasteiger partial charge in [0.2, 0.25) is 5.91 Å². The minimum atomic E-state index is -0.157. The van der Waals surface area contributed by atoms with Crippen molar-refractivity contribution < 1.29 is 9.90 Å². The lowest BCUT2D eigenvalue weighted by Crippen LogP contribution is -2.30. The molecule has 0 bridgehead atoms. The molecule has 2 aromatic rings. The van der Waals surface area contributed by atoms with Gasteiger partial charge < -0.3 is 10.0 Å². The summed E-state index contributed by atoms with van der Waals surface area (Å²) in [5.74, 6) is 5.33. The third kappa shape index (κ3) is 4.40. The van der Waals surface area contributed by atoms with E-state index in [1.54, 1.807) is 11.9 Å². The molecule has 1 amide bonds. The Balaban J connectivity index is 1.92. The molecular weight excluding hydrogens is 270 g/mol. The van der Waals surface area contributed by atoms with Gasteiger partial charge in [0, 0.05) is 19.2 Å². The number of benzene rings is 1. The van der Waals surface area contributed by atoms with Gasteiger partial charge in [0.15, 0.2) is 0 Å². The van der Waals surface area contributed by atoms with Gasteiger partial charge in [-0.3, -0.25) is 4.79 Å². The molecule has 7 heteroatoms. The summed E-state index contributed by atoms with van der Waals surface area (Å²) in [5.41, 5.74) is 1.83. The molecule has 1 N–H and O–H groups in total. The second-order valence-electron chi connectivity index (χ2n) is 4.41. The van der Waals surface area contributed by atoms with Crippen LogP contribution in [-0.2, 0) is 17.9 Å². The van der Waals surface area contributed by atoms with Crippen molar-refractivity contribution in [2.24, 2.45) is 0 Å². The van der Waals surface area contributed by atoms with E-state index in [-0.39, 0.29) is 19.1 Å². The first kappa shape index (κ1) is 14.7. The van der Waals surface area contributed by atoms with Crippen molar-refractivity contribution in [1.29, 1.82) is 0 Å². The molecule has 108 valence electrons. The van der Waals surface area contributed by atoms with Crippen molar-refractivity contribution >= 4 is 5.91 Å². The van der Waals surface area contributed by atoms with Crippen LogP contribution in [0.25, 0.3) is 0 Å². The first-order valence-corrected chi connectivity index (χ1v) is 6.32. The van der Waals surface area contributed by atoms with Crippen LogP contribution in [0.4, 0.5) is 0 Å². The number of aliphatic hydroxyl groups excluding tert-OH is 1. The molecule has 7 nitrogen and oxygen atoms in total. The summed E-state index contributed by atoms with van der Waals surface area (Å²) in [6, 6.07) is 7.53. The van der Waals surface area contributed by atoms with Crippen LogP contribution in [-0.4, -0.2) is 49.8 Å². The van der Waals surface area contributed by atoms with Crippen LogP contribution in [0.1, 0.15) is 11.1 Å². The van der Waals surface area contributed by atoms with Crippen molar-refractivity contribution in [2.45, 2.75) is 13.1 Å². The quantitative estimate of drug-likeness (QED) is 0.778. The number of carbonyl (C=O) groups is 1. The number of aliphatic hydroxyl groups is 1. The van der Waals surface area contributed by atoms with Crippen LogP contribution in [0.2, 0.25) is 0 Å². The number of hydrogen-bond donors (Lipinski definition) is 1. The largest absolute Gasteiger partial charge is 0.384 e. The van der Waals surface area contributed by atoms with Crippen LogP contribution in [0.3, 0.4) is 0 Å². The molecular formula is C14H15N5O2. The zero-order chi connectivity index (χ0) is 15.1. The van der Waals surface area contributed by atoms with Crippen LogP contribution >= 0.6 is 0 Å². The van der Waals surface area contributed by atoms with Crippen molar-refractivity contribution in [3.63, 3.8) is 0 Å². The summed E-state index contributed by atoms with van der Waals surface area (Å²) in [7, 11) is 1.73. The van der Waals surface area contributed by atoms with Crippen LogP contribution in [0.5, 0.6) is 0 Å². The minimum Gasteiger partial charge on any atom is -0.384 e. The maximum absolute atomic E-state index is 12.0. The van der Waals surface area contributed by atoms with Gasteiger partial charge in [-0.05, 0) is 28.1 Å². The Labute approximate surface area is 122 Å². The highest BCUT2D eigenvalue weighted by atomic mass is 16.2. The van der Waals surface area contributed by atoms with E-state index in [1.165, 1.54) is 11.0 Å². The number of aromatic nitrogens is 4. The Bertz CT molecular complexity index is 640. The second kappa shape index (κ2) is 7.17. The molecule has 0 aliphatic carbocycles. The normalized spacial score (nSPS) is 9.81. The van der Waals surface area contributed by atoms with Gasteiger partial charge in [-0.2, -0.15) is 0 Å². The van der Waals surface area contributed by atoms with Crippen LogP contribution in [0.15, 0.2) is 30.6 Å². The fraction of sp³-hybridized carbons (Fsp3) is 0.286. The first-order chi connectivity index (χ1) is 10.2. The van der Waals surface area contributed by atoms with Gasteiger partial charge in [-0.15, -0.1) is 5.10 Å². The zero-order valence-electron chi connectivity index (χ0n) is 11.6. The summed E-state index contributed by atoms with van der Waals surface area (Å²) >= 11 is 0. The molecule has 21 heavy (non-hydrogen) atoms. The van der Waals surface area contributed by atoms with E-state index in [9.17, 15) is 4.79 Å². The van der Waals surface area contributed by atoms with Gasteiger partial charge in [0.1, 0.15) is 19.5 Å². The molecule has 1 aromatic heterocycles. The number of carbonyl (C=O) groups excluding carboxylic acids is 1. The Morgan fingerprint density at radius 2 is 2.14 bits per heavy atom. The Morgan fingerprint density at radius 1 is 1.38 bits per heavy atom. The topological polar surface area (TPSA) is 84.1 Å². The van der Waals surface area contributed by atoms with Gasteiger partial charge >= 0.3 is 0 Å². The maximum atomic E-state index is 12.0. The predicted octanol–water partition coefficient (Wildman–Crippen LogP) is -0.325. The molecule has 0 saturated heterocycles. The van der Waals surface area contributed by atoms with E-state index in [0.717, 1.165) is 11.1 Å². The molecule has 0 spiro atoms. The smallest absolute Gasteiger partial charge is 0.244 e. The molecule has 0 atom stereocenters. The number of amides is 1. The molecule has 0 aliphatic rings. The molecule has 2 rings (SSSR count). The van der Waals surface area contributed by atoms with Crippen molar-refractivity contribution in [1.82, 2.24) is 25.1 Å². The van der Waals surface area contributed by atoms with Crippen molar-refractivity contribution in [3.8, 4) is 11.8 Å². The molecule has 1 heterocycles. The Morgan fingerprint density at radius 3 is 2.76 bits per heavy atom. The average molecular weight is 285 g/mol. The van der Waals surface area contributed by atoms with Gasteiger partial charge in [0.25, 0.3) is 0 Å². The van der Waals surface area contributed by atoms with Crippen molar-refractivity contribution in [2.75, 3.05) is 13.7 Å². The Hall–Kier alpha value is -2.72. The summed E-state index contributed by atoms with van der Waals surface area (Å²) in [6.45, 7) is 0.453. The highest BCUT2D eigenvalue weighted by Gasteiger charge is 2.10. The second-order valence-corrected chi connectivity index (χ2v) is 4.41. The Kier molecular flexibility index (Phi) is 5.01. The molecule has 1 aromatic carbocycles. The number of nitrogens with zero attached hydrogens (tertiary/aromatic N) is 5. The fourth-order valence-corrected chi connectivity index (χ4v) is 1.71. The molecule has 0 unspecified atom stereocenters. The third-order valence-corrected chi connectivity index (χ3v) is 2.80. The lowest BCUT2D eigenvalue weighted by Gasteiger charge is -2.17. The summed E-state index contributed by atoms with van der Waals surface area (Å²) in [5, 5.41) is 19.3. The van der Waals surface area contributed by atoms with E-state index < -0.39 is 0 Å². The first-order valence-electron chi connectivity index (χ1n) is 6.32. The van der Waals surface area contributed by atoms with E-state index >= 15 is 0 Å². The standard InChI is InChI=1S/C14H15N5O2/c1-18(14(21)10-19-11-15-16-17-19)9-13-6-4-12(5-7-13)3-2-8-20/h4-7,11,20H,8-10H2,1H3. The van der Waals surface area contributed by atoms with E-state index in [2.05, 4.69) is 27.4 Å². The van der Waals surface area contributed by atoms with Gasteiger partial charge in [-0.25, -0.2) is 4.68 Å². The predicted molar refractivity (Wildman–Crippen MR) is 74.7 cm³/mol. The fourth-order valence-electron chi connectivity index (χ4n) is 1.71. The zero-order valence-corrected chi connectivity index (χ0v) is 11.6. The highest BCUT2D eigenvalue weighted by Crippen LogP contribution is 2.06. The SMILES string of the molecule is CN(Cc1ccc(C#CCO)cc1)C(=O)Cn1cnnn1. The van der Waals surface area contributed by atoms with Crippen molar-refractivity contribution in [3.05, 3.63) is 41.7 Å². The van der Waals surface area contributed by atoms with Gasteiger partial charge in [0.05, 0.1) is 0 Å². The number of likely N-dealkylation sites (N-methyl/N-ethyl adjacent to an activating group) is 1. The lowest BCUT2D eigenvalue weighted by molar-refractivity contribution is -0.131. The molecule has 0 fully saturated rings. The number of hydrogen-bond acceptors (Lipinski definition) is 5. The highest BCUT2D eigenvalue weighted by molar-refractivity contribution is 5.75. The lowest BCUT2D eigenvalue weighted by atomic mass is 10.1. The monoisotopic (exact) mass is 285 g/mol. The van der Waals surface area contributed by atoms with Gasteiger partial charge in [-0.1, -0.05) is 24.0 Å². The third-order valence-electron chi connectivity index (χ3n) is 2.80. The number of rotatable bonds is 4. The van der Waals surface area contributed by atoms with E-state index in [4.69, 9.17) is 5.11 Å². The summed E-state index contributed by atoms with van der Waals surface area (Å²) in [6.07, 6.45) is 1.40. The van der Waals surface area contributed by atoms with Crippen LogP contribution < -0.4 is 0 Å². The van der Waals surface area contributed by atoms with E-state index in [1.807, 2.05) is 24.3 Å². The molecule has 0 radical (unpaired) electrons.